The Morgan fingerprint density at radius 3 is 2.53 bits per heavy atom. The van der Waals surface area contributed by atoms with E-state index in [1.807, 2.05) is 24.4 Å². The number of thiazole rings is 1. The van der Waals surface area contributed by atoms with Gasteiger partial charge in [-0.3, -0.25) is 0 Å². The fourth-order valence-corrected chi connectivity index (χ4v) is 2.57. The average molecular weight is 267 g/mol. The van der Waals surface area contributed by atoms with Crippen LogP contribution in [-0.2, 0) is 0 Å². The van der Waals surface area contributed by atoms with Gasteiger partial charge in [0.25, 0.3) is 0 Å². The SMILES string of the molecule is COc1cc(C)c(-c2csc(=S)[nH]2)c(OC)c1. The van der Waals surface area contributed by atoms with Gasteiger partial charge in [0.05, 0.1) is 19.9 Å². The number of nitrogens with one attached hydrogen (secondary N) is 1. The van der Waals surface area contributed by atoms with E-state index < -0.39 is 0 Å². The van der Waals surface area contributed by atoms with Crippen LogP contribution in [0.1, 0.15) is 5.56 Å². The molecular weight excluding hydrogens is 254 g/mol. The third-order valence-corrected chi connectivity index (χ3v) is 3.58. The minimum absolute atomic E-state index is 0.761. The van der Waals surface area contributed by atoms with Crippen molar-refractivity contribution in [3.8, 4) is 22.8 Å². The number of ether oxygens (including phenoxy) is 2. The van der Waals surface area contributed by atoms with E-state index in [1.54, 1.807) is 14.2 Å². The van der Waals surface area contributed by atoms with Gasteiger partial charge in [-0.05, 0) is 30.8 Å². The molecule has 2 aromatic rings. The van der Waals surface area contributed by atoms with Crippen molar-refractivity contribution in [2.24, 2.45) is 0 Å². The van der Waals surface area contributed by atoms with Crippen molar-refractivity contribution in [3.05, 3.63) is 27.0 Å². The highest BCUT2D eigenvalue weighted by molar-refractivity contribution is 7.73. The third-order valence-electron chi connectivity index (χ3n) is 2.52. The third kappa shape index (κ3) is 2.35. The van der Waals surface area contributed by atoms with Crippen LogP contribution in [0.4, 0.5) is 0 Å². The van der Waals surface area contributed by atoms with E-state index in [2.05, 4.69) is 4.98 Å². The first-order valence-electron chi connectivity index (χ1n) is 5.06. The summed E-state index contributed by atoms with van der Waals surface area (Å²) in [7, 11) is 3.30. The van der Waals surface area contributed by atoms with Crippen LogP contribution in [0.15, 0.2) is 17.5 Å². The predicted octanol–water partition coefficient (Wildman–Crippen LogP) is 3.80. The molecule has 0 aliphatic rings. The Labute approximate surface area is 109 Å². The van der Waals surface area contributed by atoms with Crippen molar-refractivity contribution in [2.45, 2.75) is 6.92 Å². The van der Waals surface area contributed by atoms with Crippen LogP contribution in [0.25, 0.3) is 11.3 Å². The first kappa shape index (κ1) is 12.1. The molecule has 0 bridgehead atoms. The summed E-state index contributed by atoms with van der Waals surface area (Å²) < 4.78 is 11.4. The molecule has 1 aromatic heterocycles. The van der Waals surface area contributed by atoms with E-state index in [4.69, 9.17) is 21.7 Å². The lowest BCUT2D eigenvalue weighted by molar-refractivity contribution is 0.395. The maximum absolute atomic E-state index is 5.40. The number of benzene rings is 1. The first-order chi connectivity index (χ1) is 8.15. The van der Waals surface area contributed by atoms with E-state index in [9.17, 15) is 0 Å². The maximum Gasteiger partial charge on any atom is 0.158 e. The Bertz CT molecular complexity index is 586. The zero-order valence-corrected chi connectivity index (χ0v) is 11.5. The van der Waals surface area contributed by atoms with Crippen molar-refractivity contribution in [2.75, 3.05) is 14.2 Å². The van der Waals surface area contributed by atoms with Gasteiger partial charge in [-0.25, -0.2) is 0 Å². The molecule has 1 heterocycles. The summed E-state index contributed by atoms with van der Waals surface area (Å²) in [4.78, 5) is 3.16. The molecule has 5 heteroatoms. The van der Waals surface area contributed by atoms with E-state index in [1.165, 1.54) is 11.3 Å². The zero-order valence-electron chi connectivity index (χ0n) is 9.87. The summed E-state index contributed by atoms with van der Waals surface area (Å²) in [5, 5.41) is 2.00. The van der Waals surface area contributed by atoms with Crippen LogP contribution >= 0.6 is 23.6 Å². The maximum atomic E-state index is 5.40. The fraction of sp³-hybridized carbons (Fsp3) is 0.250. The molecule has 0 aliphatic heterocycles. The van der Waals surface area contributed by atoms with Crippen LogP contribution in [0, 0.1) is 10.9 Å². The molecule has 0 amide bonds. The van der Waals surface area contributed by atoms with Gasteiger partial charge in [-0.2, -0.15) is 0 Å². The van der Waals surface area contributed by atoms with E-state index in [0.717, 1.165) is 32.3 Å². The molecule has 0 unspecified atom stereocenters. The Morgan fingerprint density at radius 1 is 1.24 bits per heavy atom. The van der Waals surface area contributed by atoms with Crippen molar-refractivity contribution >= 4 is 23.6 Å². The van der Waals surface area contributed by atoms with E-state index in [-0.39, 0.29) is 0 Å². The Hall–Kier alpha value is -1.33. The highest BCUT2D eigenvalue weighted by atomic mass is 32.1. The van der Waals surface area contributed by atoms with Gasteiger partial charge >= 0.3 is 0 Å². The van der Waals surface area contributed by atoms with Gasteiger partial charge in [0.2, 0.25) is 0 Å². The van der Waals surface area contributed by atoms with Crippen molar-refractivity contribution < 1.29 is 9.47 Å². The molecular formula is C12H13NO2S2. The van der Waals surface area contributed by atoms with Crippen molar-refractivity contribution in [1.29, 1.82) is 0 Å². The second kappa shape index (κ2) is 4.89. The highest BCUT2D eigenvalue weighted by Crippen LogP contribution is 2.36. The van der Waals surface area contributed by atoms with Crippen LogP contribution in [0.2, 0.25) is 0 Å². The number of rotatable bonds is 3. The van der Waals surface area contributed by atoms with Gasteiger partial charge in [0, 0.05) is 17.0 Å². The summed E-state index contributed by atoms with van der Waals surface area (Å²) in [6.07, 6.45) is 0. The standard InChI is InChI=1S/C12H13NO2S2/c1-7-4-8(14-2)5-10(15-3)11(7)9-6-17-12(16)13-9/h4-6H,1-3H3,(H,13,16). The highest BCUT2D eigenvalue weighted by Gasteiger charge is 2.12. The summed E-state index contributed by atoms with van der Waals surface area (Å²) in [5.41, 5.74) is 3.10. The molecule has 0 radical (unpaired) electrons. The number of hydrogen-bond acceptors (Lipinski definition) is 4. The summed E-state index contributed by atoms with van der Waals surface area (Å²) in [6.45, 7) is 2.02. The molecule has 0 saturated heterocycles. The van der Waals surface area contributed by atoms with Gasteiger partial charge in [0.15, 0.2) is 3.95 Å². The number of aromatic amines is 1. The number of aryl methyl sites for hydroxylation is 1. The molecule has 0 saturated carbocycles. The molecule has 0 atom stereocenters. The van der Waals surface area contributed by atoms with Crippen LogP contribution in [-0.4, -0.2) is 19.2 Å². The molecule has 0 aliphatic carbocycles. The smallest absolute Gasteiger partial charge is 0.158 e. The van der Waals surface area contributed by atoms with Crippen LogP contribution in [0.3, 0.4) is 0 Å². The van der Waals surface area contributed by atoms with Gasteiger partial charge < -0.3 is 14.5 Å². The molecule has 90 valence electrons. The number of hydrogen-bond donors (Lipinski definition) is 1. The lowest BCUT2D eigenvalue weighted by atomic mass is 10.0. The first-order valence-corrected chi connectivity index (χ1v) is 6.35. The lowest BCUT2D eigenvalue weighted by Gasteiger charge is -2.12. The van der Waals surface area contributed by atoms with Gasteiger partial charge in [0.1, 0.15) is 11.5 Å². The number of methoxy groups -OCH3 is 2. The Morgan fingerprint density at radius 2 is 2.00 bits per heavy atom. The Kier molecular flexibility index (Phi) is 3.49. The minimum Gasteiger partial charge on any atom is -0.497 e. The molecule has 0 fully saturated rings. The Balaban J connectivity index is 2.64. The number of H-pyrrole nitrogens is 1. The second-order valence-electron chi connectivity index (χ2n) is 3.58. The predicted molar refractivity (Wildman–Crippen MR) is 72.8 cm³/mol. The largest absolute Gasteiger partial charge is 0.497 e. The number of aromatic nitrogens is 1. The summed E-state index contributed by atoms with van der Waals surface area (Å²) >= 11 is 6.61. The lowest BCUT2D eigenvalue weighted by Crippen LogP contribution is -1.93. The topological polar surface area (TPSA) is 34.2 Å². The molecule has 17 heavy (non-hydrogen) atoms. The monoisotopic (exact) mass is 267 g/mol. The van der Waals surface area contributed by atoms with Crippen molar-refractivity contribution in [1.82, 2.24) is 4.98 Å². The van der Waals surface area contributed by atoms with E-state index >= 15 is 0 Å². The fourth-order valence-electron chi connectivity index (χ4n) is 1.75. The van der Waals surface area contributed by atoms with Crippen LogP contribution < -0.4 is 9.47 Å². The second-order valence-corrected chi connectivity index (χ2v) is 5.13. The summed E-state index contributed by atoms with van der Waals surface area (Å²) in [5.74, 6) is 1.57. The zero-order chi connectivity index (χ0) is 12.4. The van der Waals surface area contributed by atoms with Crippen molar-refractivity contribution in [3.63, 3.8) is 0 Å². The molecule has 1 N–H and O–H groups in total. The van der Waals surface area contributed by atoms with Gasteiger partial charge in [-0.1, -0.05) is 0 Å². The van der Waals surface area contributed by atoms with Crippen LogP contribution in [0.5, 0.6) is 11.5 Å². The quantitative estimate of drug-likeness (QED) is 0.859. The minimum atomic E-state index is 0.761. The molecule has 3 nitrogen and oxygen atoms in total. The average Bonchev–Trinajstić information content (AvgIpc) is 2.74. The molecule has 1 aromatic carbocycles. The van der Waals surface area contributed by atoms with Gasteiger partial charge in [-0.15, -0.1) is 11.3 Å². The molecule has 2 rings (SSSR count). The normalized spacial score (nSPS) is 10.3. The molecule has 0 spiro atoms. The van der Waals surface area contributed by atoms with E-state index in [0.29, 0.717) is 0 Å². The summed E-state index contributed by atoms with van der Waals surface area (Å²) in [6, 6.07) is 3.85.